The molecule has 0 saturated heterocycles. The number of carbonyl (C=O) groups excluding carboxylic acids is 1. The van der Waals surface area contributed by atoms with Gasteiger partial charge in [0.1, 0.15) is 11.6 Å². The Hall–Kier alpha value is -2.30. The van der Waals surface area contributed by atoms with Crippen LogP contribution in [0, 0.1) is 0 Å². The predicted octanol–water partition coefficient (Wildman–Crippen LogP) is 2.86. The summed E-state index contributed by atoms with van der Waals surface area (Å²) in [5.41, 5.74) is 2.08. The van der Waals surface area contributed by atoms with E-state index in [2.05, 4.69) is 36.9 Å². The number of aryl methyl sites for hydroxylation is 1. The maximum atomic E-state index is 12.4. The standard InChI is InChI=1S/C20H27N3O2/c1-20(2,3)17-13-23-12-15(9-10-18(23)22-17)21-19(24)11-14-7-5-6-8-16(14)25-4/h5-8,13,15H,9-12H2,1-4H3,(H,21,24)/t15-/m1/s1. The van der Waals surface area contributed by atoms with Crippen molar-refractivity contribution in [2.75, 3.05) is 7.11 Å². The lowest BCUT2D eigenvalue weighted by atomic mass is 9.93. The maximum Gasteiger partial charge on any atom is 0.224 e. The van der Waals surface area contributed by atoms with Crippen LogP contribution in [0.4, 0.5) is 0 Å². The number of amides is 1. The summed E-state index contributed by atoms with van der Waals surface area (Å²) < 4.78 is 7.52. The molecule has 1 aromatic heterocycles. The van der Waals surface area contributed by atoms with Crippen molar-refractivity contribution in [1.29, 1.82) is 0 Å². The van der Waals surface area contributed by atoms with Crippen molar-refractivity contribution in [3.8, 4) is 5.75 Å². The lowest BCUT2D eigenvalue weighted by Gasteiger charge is -2.24. The smallest absolute Gasteiger partial charge is 0.224 e. The number of para-hydroxylation sites is 1. The topological polar surface area (TPSA) is 56.1 Å². The number of ether oxygens (including phenoxy) is 1. The van der Waals surface area contributed by atoms with Crippen LogP contribution >= 0.6 is 0 Å². The van der Waals surface area contributed by atoms with Gasteiger partial charge in [0, 0.05) is 36.2 Å². The summed E-state index contributed by atoms with van der Waals surface area (Å²) in [6.45, 7) is 7.31. The van der Waals surface area contributed by atoms with E-state index in [0.29, 0.717) is 6.42 Å². The number of methoxy groups -OCH3 is 1. The first-order valence-electron chi connectivity index (χ1n) is 8.84. The fraction of sp³-hybridized carbons (Fsp3) is 0.500. The number of imidazole rings is 1. The summed E-state index contributed by atoms with van der Waals surface area (Å²) in [5, 5.41) is 3.16. The first kappa shape index (κ1) is 17.5. The first-order valence-corrected chi connectivity index (χ1v) is 8.84. The second kappa shape index (κ2) is 6.90. The van der Waals surface area contributed by atoms with E-state index in [4.69, 9.17) is 9.72 Å². The van der Waals surface area contributed by atoms with Crippen LogP contribution in [0.3, 0.4) is 0 Å². The fourth-order valence-corrected chi connectivity index (χ4v) is 3.22. The van der Waals surface area contributed by atoms with E-state index in [0.717, 1.165) is 42.2 Å². The monoisotopic (exact) mass is 341 g/mol. The Bertz CT molecular complexity index is 759. The fourth-order valence-electron chi connectivity index (χ4n) is 3.22. The van der Waals surface area contributed by atoms with Gasteiger partial charge in [-0.25, -0.2) is 4.98 Å². The first-order chi connectivity index (χ1) is 11.9. The van der Waals surface area contributed by atoms with Gasteiger partial charge in [-0.1, -0.05) is 39.0 Å². The van der Waals surface area contributed by atoms with Crippen molar-refractivity contribution in [1.82, 2.24) is 14.9 Å². The van der Waals surface area contributed by atoms with E-state index in [1.807, 2.05) is 24.3 Å². The summed E-state index contributed by atoms with van der Waals surface area (Å²) in [6, 6.07) is 7.81. The Balaban J connectivity index is 1.63. The molecule has 5 heteroatoms. The van der Waals surface area contributed by atoms with Gasteiger partial charge in [0.05, 0.1) is 19.2 Å². The Morgan fingerprint density at radius 1 is 1.36 bits per heavy atom. The van der Waals surface area contributed by atoms with Gasteiger partial charge in [-0.15, -0.1) is 0 Å². The molecular weight excluding hydrogens is 314 g/mol. The van der Waals surface area contributed by atoms with E-state index in [1.165, 1.54) is 0 Å². The van der Waals surface area contributed by atoms with Crippen LogP contribution in [0.1, 0.15) is 44.3 Å². The molecule has 0 aliphatic carbocycles. The highest BCUT2D eigenvalue weighted by atomic mass is 16.5. The number of carbonyl (C=O) groups is 1. The number of aromatic nitrogens is 2. The summed E-state index contributed by atoms with van der Waals surface area (Å²) in [7, 11) is 1.63. The quantitative estimate of drug-likeness (QED) is 0.930. The molecule has 1 amide bonds. The molecule has 0 spiro atoms. The van der Waals surface area contributed by atoms with Crippen molar-refractivity contribution >= 4 is 5.91 Å². The molecule has 3 rings (SSSR count). The third-order valence-corrected chi connectivity index (χ3v) is 4.67. The minimum absolute atomic E-state index is 0.0362. The Morgan fingerprint density at radius 3 is 2.84 bits per heavy atom. The van der Waals surface area contributed by atoms with E-state index >= 15 is 0 Å². The van der Waals surface area contributed by atoms with Gasteiger partial charge in [0.2, 0.25) is 5.91 Å². The predicted molar refractivity (Wildman–Crippen MR) is 97.9 cm³/mol. The molecule has 5 nitrogen and oxygen atoms in total. The second-order valence-corrected chi connectivity index (χ2v) is 7.74. The average Bonchev–Trinajstić information content (AvgIpc) is 2.99. The van der Waals surface area contributed by atoms with Crippen LogP contribution in [0.2, 0.25) is 0 Å². The van der Waals surface area contributed by atoms with Crippen molar-refractivity contribution in [3.05, 3.63) is 47.5 Å². The van der Waals surface area contributed by atoms with Gasteiger partial charge in [-0.05, 0) is 12.5 Å². The van der Waals surface area contributed by atoms with E-state index in [9.17, 15) is 4.79 Å². The van der Waals surface area contributed by atoms with Gasteiger partial charge in [0.25, 0.3) is 0 Å². The van der Waals surface area contributed by atoms with Crippen LogP contribution < -0.4 is 10.1 Å². The van der Waals surface area contributed by atoms with Gasteiger partial charge >= 0.3 is 0 Å². The molecule has 1 aromatic carbocycles. The molecule has 2 heterocycles. The lowest BCUT2D eigenvalue weighted by molar-refractivity contribution is -0.121. The van der Waals surface area contributed by atoms with E-state index in [-0.39, 0.29) is 17.4 Å². The summed E-state index contributed by atoms with van der Waals surface area (Å²) in [6.07, 6.45) is 4.30. The van der Waals surface area contributed by atoms with Crippen molar-refractivity contribution < 1.29 is 9.53 Å². The molecule has 1 atom stereocenters. The third-order valence-electron chi connectivity index (χ3n) is 4.67. The molecule has 0 saturated carbocycles. The molecule has 134 valence electrons. The molecule has 2 aromatic rings. The Labute approximate surface area is 149 Å². The molecule has 0 fully saturated rings. The van der Waals surface area contributed by atoms with Crippen LogP contribution in [-0.2, 0) is 29.6 Å². The zero-order valence-electron chi connectivity index (χ0n) is 15.5. The SMILES string of the molecule is COc1ccccc1CC(=O)N[C@@H]1CCc2nc(C(C)(C)C)cn2C1. The lowest BCUT2D eigenvalue weighted by Crippen LogP contribution is -2.41. The molecule has 0 bridgehead atoms. The highest BCUT2D eigenvalue weighted by molar-refractivity contribution is 5.79. The zero-order valence-corrected chi connectivity index (χ0v) is 15.5. The molecule has 1 aliphatic rings. The number of benzene rings is 1. The van der Waals surface area contributed by atoms with E-state index in [1.54, 1.807) is 7.11 Å². The number of nitrogens with zero attached hydrogens (tertiary/aromatic N) is 2. The number of nitrogens with one attached hydrogen (secondary N) is 1. The van der Waals surface area contributed by atoms with Gasteiger partial charge < -0.3 is 14.6 Å². The van der Waals surface area contributed by atoms with Crippen LogP contribution in [0.5, 0.6) is 5.75 Å². The summed E-state index contributed by atoms with van der Waals surface area (Å²) in [4.78, 5) is 17.2. The van der Waals surface area contributed by atoms with Gasteiger partial charge in [-0.2, -0.15) is 0 Å². The molecule has 1 aliphatic heterocycles. The Morgan fingerprint density at radius 2 is 2.12 bits per heavy atom. The Kier molecular flexibility index (Phi) is 4.84. The summed E-state index contributed by atoms with van der Waals surface area (Å²) in [5.74, 6) is 1.92. The highest BCUT2D eigenvalue weighted by Gasteiger charge is 2.25. The van der Waals surface area contributed by atoms with Crippen molar-refractivity contribution in [2.45, 2.75) is 58.0 Å². The molecule has 0 unspecified atom stereocenters. The third kappa shape index (κ3) is 4.03. The normalized spacial score (nSPS) is 17.0. The van der Waals surface area contributed by atoms with Gasteiger partial charge in [-0.3, -0.25) is 4.79 Å². The molecule has 25 heavy (non-hydrogen) atoms. The number of rotatable bonds is 4. The van der Waals surface area contributed by atoms with Crippen LogP contribution in [-0.4, -0.2) is 28.6 Å². The van der Waals surface area contributed by atoms with Crippen LogP contribution in [0.25, 0.3) is 0 Å². The van der Waals surface area contributed by atoms with Crippen LogP contribution in [0.15, 0.2) is 30.5 Å². The maximum absolute atomic E-state index is 12.4. The highest BCUT2D eigenvalue weighted by Crippen LogP contribution is 2.24. The average molecular weight is 341 g/mol. The minimum Gasteiger partial charge on any atom is -0.496 e. The number of hydrogen-bond donors (Lipinski definition) is 1. The largest absolute Gasteiger partial charge is 0.496 e. The molecule has 1 N–H and O–H groups in total. The van der Waals surface area contributed by atoms with Gasteiger partial charge in [0.15, 0.2) is 0 Å². The molecule has 0 radical (unpaired) electrons. The number of fused-ring (bicyclic) bond motifs is 1. The van der Waals surface area contributed by atoms with Crippen molar-refractivity contribution in [3.63, 3.8) is 0 Å². The van der Waals surface area contributed by atoms with Crippen molar-refractivity contribution in [2.24, 2.45) is 0 Å². The minimum atomic E-state index is 0.0362. The number of hydrogen-bond acceptors (Lipinski definition) is 3. The van der Waals surface area contributed by atoms with E-state index < -0.39 is 0 Å². The zero-order chi connectivity index (χ0) is 18.0. The summed E-state index contributed by atoms with van der Waals surface area (Å²) >= 11 is 0. The second-order valence-electron chi connectivity index (χ2n) is 7.74. The molecular formula is C20H27N3O2.